The molecule has 0 aliphatic carbocycles. The van der Waals surface area contributed by atoms with Crippen LogP contribution in [0.25, 0.3) is 11.0 Å². The van der Waals surface area contributed by atoms with Gasteiger partial charge < -0.3 is 15.0 Å². The molecule has 1 atom stereocenters. The lowest BCUT2D eigenvalue weighted by atomic mass is 9.98. The molecule has 0 radical (unpaired) electrons. The molecular formula is C20H29N7O. The second-order valence-electron chi connectivity index (χ2n) is 8.05. The molecule has 8 nitrogen and oxygen atoms in total. The quantitative estimate of drug-likeness (QED) is 0.847. The first-order chi connectivity index (χ1) is 13.8. The topological polar surface area (TPSA) is 79.6 Å². The minimum absolute atomic E-state index is 0.334. The van der Waals surface area contributed by atoms with Crippen LogP contribution in [0.3, 0.4) is 0 Å². The van der Waals surface area contributed by atoms with Crippen LogP contribution in [0.5, 0.6) is 0 Å². The summed E-state index contributed by atoms with van der Waals surface area (Å²) in [6.07, 6.45) is 6.92. The first kappa shape index (κ1) is 17.7. The van der Waals surface area contributed by atoms with Crippen molar-refractivity contribution in [3.05, 3.63) is 17.8 Å². The first-order valence-corrected chi connectivity index (χ1v) is 10.6. The number of pyridine rings is 1. The second-order valence-corrected chi connectivity index (χ2v) is 8.05. The predicted octanol–water partition coefficient (Wildman–Crippen LogP) is 2.28. The van der Waals surface area contributed by atoms with E-state index in [0.717, 1.165) is 67.5 Å². The van der Waals surface area contributed by atoms with E-state index in [1.165, 1.54) is 25.7 Å². The maximum Gasteiger partial charge on any atom is 0.231 e. The van der Waals surface area contributed by atoms with Crippen molar-refractivity contribution in [3.63, 3.8) is 0 Å². The molecule has 0 amide bonds. The molecular weight excluding hydrogens is 354 g/mol. The molecule has 2 aromatic heterocycles. The molecule has 0 bridgehead atoms. The van der Waals surface area contributed by atoms with Gasteiger partial charge in [-0.3, -0.25) is 5.43 Å². The van der Waals surface area contributed by atoms with E-state index < -0.39 is 0 Å². The van der Waals surface area contributed by atoms with Crippen LogP contribution in [-0.4, -0.2) is 46.8 Å². The highest BCUT2D eigenvalue weighted by atomic mass is 16.5. The maximum absolute atomic E-state index is 6.17. The smallest absolute Gasteiger partial charge is 0.231 e. The van der Waals surface area contributed by atoms with Gasteiger partial charge in [0.2, 0.25) is 12.1 Å². The lowest BCUT2D eigenvalue weighted by molar-refractivity contribution is 0.171. The van der Waals surface area contributed by atoms with Gasteiger partial charge in [-0.05, 0) is 50.9 Å². The molecule has 28 heavy (non-hydrogen) atoms. The summed E-state index contributed by atoms with van der Waals surface area (Å²) < 4.78 is 8.03. The number of hydrazone groups is 1. The van der Waals surface area contributed by atoms with Gasteiger partial charge in [-0.15, -0.1) is 5.10 Å². The second kappa shape index (κ2) is 7.58. The Morgan fingerprint density at radius 3 is 2.64 bits per heavy atom. The van der Waals surface area contributed by atoms with Gasteiger partial charge in [-0.25, -0.2) is 9.67 Å². The van der Waals surface area contributed by atoms with Crippen molar-refractivity contribution < 1.29 is 4.74 Å². The molecule has 3 aliphatic rings. The number of aromatic nitrogens is 3. The van der Waals surface area contributed by atoms with E-state index in [-0.39, 0.29) is 6.23 Å². The van der Waals surface area contributed by atoms with Crippen molar-refractivity contribution in [2.75, 3.05) is 31.1 Å². The van der Waals surface area contributed by atoms with Gasteiger partial charge in [0.25, 0.3) is 0 Å². The van der Waals surface area contributed by atoms with Crippen LogP contribution < -0.4 is 15.6 Å². The Labute approximate surface area is 165 Å². The highest BCUT2D eigenvalue weighted by molar-refractivity contribution is 5.83. The monoisotopic (exact) mass is 383 g/mol. The van der Waals surface area contributed by atoms with Crippen LogP contribution in [0.4, 0.5) is 5.82 Å². The molecule has 0 spiro atoms. The third-order valence-electron chi connectivity index (χ3n) is 6.10. The van der Waals surface area contributed by atoms with Crippen LogP contribution in [-0.2, 0) is 11.8 Å². The van der Waals surface area contributed by atoms with E-state index in [1.807, 2.05) is 11.7 Å². The average Bonchev–Trinajstić information content (AvgIpc) is 3.24. The molecule has 8 heteroatoms. The fraction of sp³-hybridized carbons (Fsp3) is 0.650. The Morgan fingerprint density at radius 1 is 1.07 bits per heavy atom. The Morgan fingerprint density at radius 2 is 1.86 bits per heavy atom. The number of hydrogen-bond donors (Lipinski definition) is 2. The van der Waals surface area contributed by atoms with Gasteiger partial charge in [0.15, 0.2) is 5.65 Å². The number of piperidine rings is 1. The zero-order valence-corrected chi connectivity index (χ0v) is 16.5. The maximum atomic E-state index is 6.17. The van der Waals surface area contributed by atoms with E-state index >= 15 is 0 Å². The number of ether oxygens (including phenoxy) is 1. The predicted molar refractivity (Wildman–Crippen MR) is 109 cm³/mol. The molecule has 3 aliphatic heterocycles. The minimum Gasteiger partial charge on any atom is -0.448 e. The molecule has 150 valence electrons. The molecule has 0 aromatic carbocycles. The molecule has 2 saturated heterocycles. The van der Waals surface area contributed by atoms with Crippen LogP contribution in [0.1, 0.15) is 50.4 Å². The molecule has 0 saturated carbocycles. The molecule has 2 fully saturated rings. The van der Waals surface area contributed by atoms with E-state index in [9.17, 15) is 0 Å². The van der Waals surface area contributed by atoms with Crippen molar-refractivity contribution in [3.8, 4) is 0 Å². The normalized spacial score (nSPS) is 24.0. The Bertz CT molecular complexity index is 863. The van der Waals surface area contributed by atoms with Gasteiger partial charge >= 0.3 is 0 Å². The number of nitrogens with zero attached hydrogens (tertiary/aromatic N) is 5. The summed E-state index contributed by atoms with van der Waals surface area (Å²) in [6, 6.07) is 4.26. The fourth-order valence-corrected chi connectivity index (χ4v) is 4.49. The van der Waals surface area contributed by atoms with Crippen LogP contribution in [0.2, 0.25) is 0 Å². The zero-order valence-electron chi connectivity index (χ0n) is 16.5. The number of aryl methyl sites for hydroxylation is 1. The average molecular weight is 384 g/mol. The third-order valence-corrected chi connectivity index (χ3v) is 6.10. The van der Waals surface area contributed by atoms with Crippen LogP contribution in [0.15, 0.2) is 17.2 Å². The Balaban J connectivity index is 1.37. The summed E-state index contributed by atoms with van der Waals surface area (Å²) in [5.74, 6) is 2.26. The number of anilines is 1. The summed E-state index contributed by atoms with van der Waals surface area (Å²) in [5, 5.41) is 13.6. The molecule has 1 unspecified atom stereocenters. The van der Waals surface area contributed by atoms with Crippen molar-refractivity contribution in [2.45, 2.75) is 44.8 Å². The van der Waals surface area contributed by atoms with E-state index in [4.69, 9.17) is 14.8 Å². The Kier molecular flexibility index (Phi) is 4.80. The van der Waals surface area contributed by atoms with Gasteiger partial charge in [0.1, 0.15) is 11.5 Å². The van der Waals surface area contributed by atoms with Crippen molar-refractivity contribution >= 4 is 22.7 Å². The van der Waals surface area contributed by atoms with Gasteiger partial charge in [0, 0.05) is 31.4 Å². The zero-order chi connectivity index (χ0) is 18.9. The fourth-order valence-electron chi connectivity index (χ4n) is 4.49. The van der Waals surface area contributed by atoms with Crippen molar-refractivity contribution in [2.24, 2.45) is 18.1 Å². The van der Waals surface area contributed by atoms with E-state index in [0.29, 0.717) is 5.92 Å². The molecule has 2 aromatic rings. The van der Waals surface area contributed by atoms with Gasteiger partial charge in [-0.2, -0.15) is 5.10 Å². The minimum atomic E-state index is -0.334. The first-order valence-electron chi connectivity index (χ1n) is 10.6. The summed E-state index contributed by atoms with van der Waals surface area (Å²) in [7, 11) is 1.95. The van der Waals surface area contributed by atoms with Gasteiger partial charge in [0.05, 0.1) is 0 Å². The number of fused-ring (bicyclic) bond motifs is 1. The summed E-state index contributed by atoms with van der Waals surface area (Å²) in [5.41, 5.74) is 4.90. The summed E-state index contributed by atoms with van der Waals surface area (Å²) >= 11 is 0. The highest BCUT2D eigenvalue weighted by Crippen LogP contribution is 2.30. The standard InChI is InChI=1S/C20H29N7O/c1-26-18-15(6-7-16(22-18)27-12-4-2-3-5-13-27)17(25-26)20-24-23-19(28-20)14-8-10-21-11-9-14/h6-7,14,20-21,24H,2-5,8-13H2,1H3. The van der Waals surface area contributed by atoms with Crippen LogP contribution in [0, 0.1) is 5.92 Å². The Hall–Kier alpha value is -2.35. The van der Waals surface area contributed by atoms with Crippen molar-refractivity contribution in [1.29, 1.82) is 0 Å². The summed E-state index contributed by atoms with van der Waals surface area (Å²) in [4.78, 5) is 7.34. The third kappa shape index (κ3) is 3.30. The largest absolute Gasteiger partial charge is 0.448 e. The summed E-state index contributed by atoms with van der Waals surface area (Å²) in [6.45, 7) is 4.22. The molecule has 5 rings (SSSR count). The lowest BCUT2D eigenvalue weighted by Crippen LogP contribution is -2.32. The van der Waals surface area contributed by atoms with Gasteiger partial charge in [-0.1, -0.05) is 12.8 Å². The molecule has 2 N–H and O–H groups in total. The van der Waals surface area contributed by atoms with E-state index in [1.54, 1.807) is 0 Å². The number of nitrogens with one attached hydrogen (secondary N) is 2. The van der Waals surface area contributed by atoms with Crippen molar-refractivity contribution in [1.82, 2.24) is 25.5 Å². The molecule has 5 heterocycles. The number of hydrogen-bond acceptors (Lipinski definition) is 7. The number of rotatable bonds is 3. The SMILES string of the molecule is Cn1nc(C2NN=C(C3CCNCC3)O2)c2ccc(N3CCCCCC3)nc21. The van der Waals surface area contributed by atoms with Crippen LogP contribution >= 0.6 is 0 Å². The highest BCUT2D eigenvalue weighted by Gasteiger charge is 2.31. The van der Waals surface area contributed by atoms with E-state index in [2.05, 4.69) is 32.9 Å². The lowest BCUT2D eigenvalue weighted by Gasteiger charge is -2.22.